The molecule has 0 fully saturated rings. The molecule has 0 spiro atoms. The number of amides is 1. The molecule has 1 aromatic heterocycles. The summed E-state index contributed by atoms with van der Waals surface area (Å²) in [7, 11) is 0. The van der Waals surface area contributed by atoms with Crippen LogP contribution in [0.5, 0.6) is 0 Å². The minimum Gasteiger partial charge on any atom is -0.321 e. The summed E-state index contributed by atoms with van der Waals surface area (Å²) in [5, 5.41) is 10.9. The van der Waals surface area contributed by atoms with Gasteiger partial charge >= 0.3 is 0 Å². The van der Waals surface area contributed by atoms with Crippen molar-refractivity contribution >= 4 is 46.5 Å². The van der Waals surface area contributed by atoms with Crippen molar-refractivity contribution in [1.29, 1.82) is 0 Å². The average molecular weight is 374 g/mol. The topological polar surface area (TPSA) is 54.9 Å². The van der Waals surface area contributed by atoms with Crippen LogP contribution in [0.15, 0.2) is 63.3 Å². The number of carbonyl (C=O) groups excluding carboxylic acids is 1. The van der Waals surface area contributed by atoms with Crippen LogP contribution >= 0.6 is 34.9 Å². The molecule has 0 bridgehead atoms. The Morgan fingerprint density at radius 3 is 2.67 bits per heavy atom. The molecule has 1 N–H and O–H groups in total. The monoisotopic (exact) mass is 373 g/mol. The highest BCUT2D eigenvalue weighted by Crippen LogP contribution is 2.34. The standard InChI is InChI=1S/C17H15N3OS3/c1-22-10-12-6-8-13(9-7-12)16(21)19-14-4-2-3-5-15(14)24-17-20-18-11-23-17/h2-9,11H,10H2,1H3,(H,19,21). The number of aromatic nitrogens is 2. The van der Waals surface area contributed by atoms with E-state index in [4.69, 9.17) is 0 Å². The molecule has 0 aliphatic carbocycles. The number of carbonyl (C=O) groups is 1. The minimum absolute atomic E-state index is 0.115. The second-order valence-electron chi connectivity index (χ2n) is 4.89. The molecular weight excluding hydrogens is 358 g/mol. The number of nitrogens with one attached hydrogen (secondary N) is 1. The lowest BCUT2D eigenvalue weighted by molar-refractivity contribution is 0.102. The molecule has 1 heterocycles. The molecule has 0 aliphatic heterocycles. The Kier molecular flexibility index (Phi) is 5.90. The molecule has 0 unspecified atom stereocenters. The van der Waals surface area contributed by atoms with Gasteiger partial charge in [0.15, 0.2) is 4.34 Å². The molecule has 24 heavy (non-hydrogen) atoms. The molecule has 3 aromatic rings. The van der Waals surface area contributed by atoms with Gasteiger partial charge in [-0.05, 0) is 36.1 Å². The Morgan fingerprint density at radius 2 is 1.96 bits per heavy atom. The van der Waals surface area contributed by atoms with E-state index in [0.29, 0.717) is 5.56 Å². The fourth-order valence-corrected chi connectivity index (χ4v) is 4.12. The van der Waals surface area contributed by atoms with Crippen molar-refractivity contribution in [1.82, 2.24) is 10.2 Å². The van der Waals surface area contributed by atoms with Gasteiger partial charge in [0.1, 0.15) is 5.51 Å². The Balaban J connectivity index is 1.74. The minimum atomic E-state index is -0.115. The summed E-state index contributed by atoms with van der Waals surface area (Å²) in [6.07, 6.45) is 2.06. The molecule has 7 heteroatoms. The van der Waals surface area contributed by atoms with Crippen LogP contribution in [0.1, 0.15) is 15.9 Å². The Hall–Kier alpha value is -1.83. The molecule has 0 saturated heterocycles. The van der Waals surface area contributed by atoms with E-state index in [0.717, 1.165) is 20.7 Å². The first-order chi connectivity index (χ1) is 11.8. The molecule has 0 radical (unpaired) electrons. The fraction of sp³-hybridized carbons (Fsp3) is 0.118. The van der Waals surface area contributed by atoms with Gasteiger partial charge in [0, 0.05) is 16.2 Å². The zero-order valence-corrected chi connectivity index (χ0v) is 15.4. The summed E-state index contributed by atoms with van der Waals surface area (Å²) >= 11 is 4.73. The second-order valence-corrected chi connectivity index (χ2v) is 7.88. The van der Waals surface area contributed by atoms with E-state index in [-0.39, 0.29) is 5.91 Å². The molecule has 0 atom stereocenters. The number of benzene rings is 2. The van der Waals surface area contributed by atoms with Crippen LogP contribution in [0.2, 0.25) is 0 Å². The molecule has 4 nitrogen and oxygen atoms in total. The number of anilines is 1. The predicted octanol–water partition coefficient (Wildman–Crippen LogP) is 4.80. The van der Waals surface area contributed by atoms with Crippen molar-refractivity contribution in [2.75, 3.05) is 11.6 Å². The summed E-state index contributed by atoms with van der Waals surface area (Å²) in [5.74, 6) is 0.833. The van der Waals surface area contributed by atoms with Gasteiger partial charge < -0.3 is 5.32 Å². The van der Waals surface area contributed by atoms with Crippen LogP contribution in [-0.4, -0.2) is 22.4 Å². The maximum absolute atomic E-state index is 12.5. The zero-order valence-electron chi connectivity index (χ0n) is 12.9. The van der Waals surface area contributed by atoms with E-state index in [1.54, 1.807) is 17.3 Å². The summed E-state index contributed by atoms with van der Waals surface area (Å²) in [5.41, 5.74) is 4.33. The summed E-state index contributed by atoms with van der Waals surface area (Å²) in [6.45, 7) is 0. The summed E-state index contributed by atoms with van der Waals surface area (Å²) in [6, 6.07) is 15.4. The van der Waals surface area contributed by atoms with Gasteiger partial charge in [-0.25, -0.2) is 0 Å². The Morgan fingerprint density at radius 1 is 1.17 bits per heavy atom. The maximum Gasteiger partial charge on any atom is 0.255 e. The molecule has 122 valence electrons. The van der Waals surface area contributed by atoms with E-state index in [1.807, 2.05) is 48.5 Å². The van der Waals surface area contributed by atoms with Crippen LogP contribution in [0, 0.1) is 0 Å². The summed E-state index contributed by atoms with van der Waals surface area (Å²) < 4.78 is 0.845. The van der Waals surface area contributed by atoms with Gasteiger partial charge in [0.2, 0.25) is 0 Å². The van der Waals surface area contributed by atoms with Crippen molar-refractivity contribution in [3.05, 3.63) is 65.2 Å². The van der Waals surface area contributed by atoms with Gasteiger partial charge in [-0.3, -0.25) is 4.79 Å². The molecule has 0 aliphatic rings. The lowest BCUT2D eigenvalue weighted by atomic mass is 10.1. The zero-order chi connectivity index (χ0) is 16.8. The van der Waals surface area contributed by atoms with Crippen molar-refractivity contribution < 1.29 is 4.79 Å². The first kappa shape index (κ1) is 17.0. The number of thioether (sulfide) groups is 1. The smallest absolute Gasteiger partial charge is 0.255 e. The lowest BCUT2D eigenvalue weighted by Gasteiger charge is -2.10. The van der Waals surface area contributed by atoms with E-state index in [1.165, 1.54) is 28.7 Å². The number of hydrogen-bond donors (Lipinski definition) is 1. The van der Waals surface area contributed by atoms with Gasteiger partial charge in [-0.1, -0.05) is 47.4 Å². The average Bonchev–Trinajstić information content (AvgIpc) is 3.11. The maximum atomic E-state index is 12.5. The van der Waals surface area contributed by atoms with Gasteiger partial charge in [0.25, 0.3) is 5.91 Å². The first-order valence-corrected chi connectivity index (χ1v) is 10.3. The number of para-hydroxylation sites is 1. The lowest BCUT2D eigenvalue weighted by Crippen LogP contribution is -2.12. The van der Waals surface area contributed by atoms with Crippen molar-refractivity contribution in [2.24, 2.45) is 0 Å². The predicted molar refractivity (Wildman–Crippen MR) is 102 cm³/mol. The molecule has 2 aromatic carbocycles. The molecule has 3 rings (SSSR count). The Bertz CT molecular complexity index is 804. The largest absolute Gasteiger partial charge is 0.321 e. The molecular formula is C17H15N3OS3. The van der Waals surface area contributed by atoms with Gasteiger partial charge in [-0.15, -0.1) is 10.2 Å². The third-order valence-corrected chi connectivity index (χ3v) is 5.68. The molecule has 1 amide bonds. The highest BCUT2D eigenvalue weighted by atomic mass is 32.2. The summed E-state index contributed by atoms with van der Waals surface area (Å²) in [4.78, 5) is 13.4. The highest BCUT2D eigenvalue weighted by Gasteiger charge is 2.11. The van der Waals surface area contributed by atoms with Crippen LogP contribution in [0.3, 0.4) is 0 Å². The van der Waals surface area contributed by atoms with Crippen molar-refractivity contribution in [3.63, 3.8) is 0 Å². The molecule has 0 saturated carbocycles. The number of hydrogen-bond acceptors (Lipinski definition) is 6. The van der Waals surface area contributed by atoms with E-state index in [9.17, 15) is 4.79 Å². The van der Waals surface area contributed by atoms with Crippen LogP contribution in [0.4, 0.5) is 5.69 Å². The quantitative estimate of drug-likeness (QED) is 0.672. The van der Waals surface area contributed by atoms with E-state index < -0.39 is 0 Å². The first-order valence-electron chi connectivity index (χ1n) is 7.18. The van der Waals surface area contributed by atoms with Crippen LogP contribution in [-0.2, 0) is 5.75 Å². The van der Waals surface area contributed by atoms with Crippen molar-refractivity contribution in [2.45, 2.75) is 15.0 Å². The third-order valence-electron chi connectivity index (χ3n) is 3.20. The Labute approximate surface area is 153 Å². The van der Waals surface area contributed by atoms with Gasteiger partial charge in [-0.2, -0.15) is 11.8 Å². The second kappa shape index (κ2) is 8.32. The van der Waals surface area contributed by atoms with Crippen LogP contribution < -0.4 is 5.32 Å². The number of nitrogens with zero attached hydrogens (tertiary/aromatic N) is 2. The van der Waals surface area contributed by atoms with Crippen molar-refractivity contribution in [3.8, 4) is 0 Å². The highest BCUT2D eigenvalue weighted by molar-refractivity contribution is 8.01. The SMILES string of the molecule is CSCc1ccc(C(=O)Nc2ccccc2Sc2nncs2)cc1. The normalized spacial score (nSPS) is 10.5. The third kappa shape index (κ3) is 4.37. The number of rotatable bonds is 6. The van der Waals surface area contributed by atoms with E-state index >= 15 is 0 Å². The van der Waals surface area contributed by atoms with Crippen LogP contribution in [0.25, 0.3) is 0 Å². The van der Waals surface area contributed by atoms with E-state index in [2.05, 4.69) is 21.8 Å². The van der Waals surface area contributed by atoms with Gasteiger partial charge in [0.05, 0.1) is 5.69 Å². The fourth-order valence-electron chi connectivity index (χ4n) is 2.07.